The molecule has 0 aromatic heterocycles. The number of hydrogen-bond acceptors (Lipinski definition) is 2. The highest BCUT2D eigenvalue weighted by Gasteiger charge is 2.22. The second kappa shape index (κ2) is 8.95. The molecular weight excluding hydrogens is 174 g/mol. The van der Waals surface area contributed by atoms with Crippen LogP contribution in [0.15, 0.2) is 12.2 Å². The van der Waals surface area contributed by atoms with Gasteiger partial charge in [-0.25, -0.2) is 0 Å². The van der Waals surface area contributed by atoms with Gasteiger partial charge in [-0.1, -0.05) is 40.7 Å². The van der Waals surface area contributed by atoms with E-state index in [2.05, 4.69) is 5.32 Å². The highest BCUT2D eigenvalue weighted by molar-refractivity contribution is 5.94. The Morgan fingerprint density at radius 2 is 1.86 bits per heavy atom. The van der Waals surface area contributed by atoms with Gasteiger partial charge in [-0.2, -0.15) is 0 Å². The zero-order valence-corrected chi connectivity index (χ0v) is 10.5. The van der Waals surface area contributed by atoms with Crippen LogP contribution in [0.4, 0.5) is 0 Å². The van der Waals surface area contributed by atoms with Gasteiger partial charge in [0.2, 0.25) is 0 Å². The predicted molar refractivity (Wildman–Crippen MR) is 63.5 cm³/mol. The van der Waals surface area contributed by atoms with E-state index in [0.717, 1.165) is 13.0 Å². The van der Waals surface area contributed by atoms with Gasteiger partial charge in [0, 0.05) is 12.0 Å². The van der Waals surface area contributed by atoms with Crippen LogP contribution in [-0.2, 0) is 4.79 Å². The Labute approximate surface area is 88.8 Å². The Bertz CT molecular complexity index is 171. The number of hydrogen-bond donors (Lipinski definition) is 1. The highest BCUT2D eigenvalue weighted by Crippen LogP contribution is 2.21. The molecule has 0 spiro atoms. The molecular formula is C12H25NO. The maximum Gasteiger partial charge on any atom is 0.160 e. The van der Waals surface area contributed by atoms with E-state index in [9.17, 15) is 4.79 Å². The van der Waals surface area contributed by atoms with Crippen molar-refractivity contribution in [2.75, 3.05) is 13.6 Å². The van der Waals surface area contributed by atoms with Crippen LogP contribution in [0.1, 0.15) is 41.0 Å². The summed E-state index contributed by atoms with van der Waals surface area (Å²) >= 11 is 0. The van der Waals surface area contributed by atoms with Gasteiger partial charge in [0.25, 0.3) is 0 Å². The van der Waals surface area contributed by atoms with Crippen LogP contribution in [0.2, 0.25) is 0 Å². The highest BCUT2D eigenvalue weighted by atomic mass is 16.1. The molecule has 0 fully saturated rings. The molecule has 0 aliphatic carbocycles. The maximum atomic E-state index is 11.5. The molecule has 0 aliphatic rings. The summed E-state index contributed by atoms with van der Waals surface area (Å²) in [5, 5.41) is 2.95. The summed E-state index contributed by atoms with van der Waals surface area (Å²) in [7, 11) is 1.86. The second-order valence-electron chi connectivity index (χ2n) is 3.56. The summed E-state index contributed by atoms with van der Waals surface area (Å²) < 4.78 is 0. The van der Waals surface area contributed by atoms with Crippen molar-refractivity contribution in [3.8, 4) is 0 Å². The van der Waals surface area contributed by atoms with Gasteiger partial charge < -0.3 is 5.32 Å². The normalized spacial score (nSPS) is 11.0. The number of carbonyl (C=O) groups excluding carboxylic acids is 1. The number of rotatable bonds is 5. The number of nitrogens with one attached hydrogen (secondary N) is 1. The van der Waals surface area contributed by atoms with Gasteiger partial charge in [0.15, 0.2) is 5.78 Å². The van der Waals surface area contributed by atoms with Crippen molar-refractivity contribution in [3.63, 3.8) is 0 Å². The molecule has 0 saturated carbocycles. The molecule has 0 rings (SSSR count). The standard InChI is InChI=1S/C10H19NO.C2H6/c1-5-10(2,3)9(12)7-6-8-11-4;1-2/h6-7,11H,5,8H2,1-4H3;1-2H3/b7-6+;. The molecule has 2 heteroatoms. The first kappa shape index (κ1) is 15.8. The first-order valence-electron chi connectivity index (χ1n) is 5.40. The molecule has 0 saturated heterocycles. The first-order chi connectivity index (χ1) is 6.54. The molecule has 0 bridgehead atoms. The summed E-state index contributed by atoms with van der Waals surface area (Å²) in [6.45, 7) is 10.7. The number of ketones is 1. The van der Waals surface area contributed by atoms with Crippen LogP contribution < -0.4 is 5.32 Å². The van der Waals surface area contributed by atoms with Crippen molar-refractivity contribution < 1.29 is 4.79 Å². The Kier molecular flexibility index (Phi) is 10.1. The molecule has 0 aliphatic heterocycles. The van der Waals surface area contributed by atoms with Crippen LogP contribution in [0.3, 0.4) is 0 Å². The summed E-state index contributed by atoms with van der Waals surface area (Å²) in [6, 6.07) is 0. The summed E-state index contributed by atoms with van der Waals surface area (Å²) in [5.41, 5.74) is -0.204. The molecule has 0 radical (unpaired) electrons. The molecule has 14 heavy (non-hydrogen) atoms. The quantitative estimate of drug-likeness (QED) is 0.690. The second-order valence-corrected chi connectivity index (χ2v) is 3.56. The third-order valence-corrected chi connectivity index (χ3v) is 2.14. The minimum atomic E-state index is -0.204. The minimum Gasteiger partial charge on any atom is -0.316 e. The molecule has 0 amide bonds. The third-order valence-electron chi connectivity index (χ3n) is 2.14. The van der Waals surface area contributed by atoms with Crippen molar-refractivity contribution in [2.24, 2.45) is 5.41 Å². The monoisotopic (exact) mass is 199 g/mol. The van der Waals surface area contributed by atoms with Crippen LogP contribution in [0, 0.1) is 5.41 Å². The lowest BCUT2D eigenvalue weighted by molar-refractivity contribution is -0.122. The van der Waals surface area contributed by atoms with E-state index in [-0.39, 0.29) is 11.2 Å². The van der Waals surface area contributed by atoms with Crippen molar-refractivity contribution in [3.05, 3.63) is 12.2 Å². The third kappa shape index (κ3) is 6.84. The topological polar surface area (TPSA) is 29.1 Å². The fourth-order valence-corrected chi connectivity index (χ4v) is 0.684. The first-order valence-corrected chi connectivity index (χ1v) is 5.40. The Morgan fingerprint density at radius 1 is 1.36 bits per heavy atom. The van der Waals surface area contributed by atoms with E-state index < -0.39 is 0 Å². The SMILES string of the molecule is CC.CCC(C)(C)C(=O)/C=C/CNC. The smallest absolute Gasteiger partial charge is 0.160 e. The zero-order chi connectivity index (χ0) is 11.6. The Balaban J connectivity index is 0. The molecule has 1 N–H and O–H groups in total. The van der Waals surface area contributed by atoms with Gasteiger partial charge in [0.1, 0.15) is 0 Å². The lowest BCUT2D eigenvalue weighted by Crippen LogP contribution is -2.21. The van der Waals surface area contributed by atoms with Gasteiger partial charge >= 0.3 is 0 Å². The Morgan fingerprint density at radius 3 is 2.21 bits per heavy atom. The average Bonchev–Trinajstić information content (AvgIpc) is 2.21. The van der Waals surface area contributed by atoms with Crippen molar-refractivity contribution >= 4 is 5.78 Å². The van der Waals surface area contributed by atoms with E-state index >= 15 is 0 Å². The van der Waals surface area contributed by atoms with Crippen molar-refractivity contribution in [2.45, 2.75) is 41.0 Å². The zero-order valence-electron chi connectivity index (χ0n) is 10.5. The van der Waals surface area contributed by atoms with E-state index in [1.807, 2.05) is 47.7 Å². The lowest BCUT2D eigenvalue weighted by Gasteiger charge is -2.18. The lowest BCUT2D eigenvalue weighted by atomic mass is 9.85. The number of likely N-dealkylation sites (N-methyl/N-ethyl adjacent to an activating group) is 1. The molecule has 0 aromatic rings. The van der Waals surface area contributed by atoms with Crippen molar-refractivity contribution in [1.82, 2.24) is 5.32 Å². The average molecular weight is 199 g/mol. The van der Waals surface area contributed by atoms with Gasteiger partial charge in [0.05, 0.1) is 0 Å². The fraction of sp³-hybridized carbons (Fsp3) is 0.750. The molecule has 0 aromatic carbocycles. The van der Waals surface area contributed by atoms with Gasteiger partial charge in [-0.05, 0) is 19.5 Å². The fourth-order valence-electron chi connectivity index (χ4n) is 0.684. The molecule has 0 atom stereocenters. The summed E-state index contributed by atoms with van der Waals surface area (Å²) in [5.74, 6) is 0.209. The maximum absolute atomic E-state index is 11.5. The van der Waals surface area contributed by atoms with E-state index in [1.165, 1.54) is 0 Å². The van der Waals surface area contributed by atoms with Crippen LogP contribution in [0.5, 0.6) is 0 Å². The summed E-state index contributed by atoms with van der Waals surface area (Å²) in [6.07, 6.45) is 4.41. The number of carbonyl (C=O) groups is 1. The van der Waals surface area contributed by atoms with E-state index in [0.29, 0.717) is 0 Å². The van der Waals surface area contributed by atoms with Crippen LogP contribution in [0.25, 0.3) is 0 Å². The van der Waals surface area contributed by atoms with E-state index in [1.54, 1.807) is 6.08 Å². The van der Waals surface area contributed by atoms with Gasteiger partial charge in [-0.15, -0.1) is 0 Å². The molecule has 84 valence electrons. The van der Waals surface area contributed by atoms with Gasteiger partial charge in [-0.3, -0.25) is 4.79 Å². The largest absolute Gasteiger partial charge is 0.316 e. The Hall–Kier alpha value is -0.630. The van der Waals surface area contributed by atoms with Crippen LogP contribution >= 0.6 is 0 Å². The minimum absolute atomic E-state index is 0.204. The summed E-state index contributed by atoms with van der Waals surface area (Å²) in [4.78, 5) is 11.5. The predicted octanol–water partition coefficient (Wildman–Crippen LogP) is 2.79. The molecule has 0 heterocycles. The van der Waals surface area contributed by atoms with Crippen molar-refractivity contribution in [1.29, 1.82) is 0 Å². The number of allylic oxidation sites excluding steroid dienone is 1. The molecule has 0 unspecified atom stereocenters. The van der Waals surface area contributed by atoms with E-state index in [4.69, 9.17) is 0 Å². The van der Waals surface area contributed by atoms with Crippen LogP contribution in [-0.4, -0.2) is 19.4 Å². The molecule has 2 nitrogen and oxygen atoms in total.